The number of fused-ring (bicyclic) bond motifs is 12. The molecule has 0 aliphatic rings. The van der Waals surface area contributed by atoms with Gasteiger partial charge < -0.3 is 14.2 Å². The molecule has 5 heteroatoms. The Morgan fingerprint density at radius 1 is 0.365 bits per heavy atom. The Kier molecular flexibility index (Phi) is 9.65. The van der Waals surface area contributed by atoms with E-state index in [2.05, 4.69) is 285 Å². The van der Waals surface area contributed by atoms with Crippen molar-refractivity contribution in [1.29, 1.82) is 0 Å². The minimum atomic E-state index is -0.134. The lowest BCUT2D eigenvalue weighted by Gasteiger charge is -2.30. The van der Waals surface area contributed by atoms with Gasteiger partial charge in [0.1, 0.15) is 5.65 Å². The van der Waals surface area contributed by atoms with Gasteiger partial charge in [-0.2, -0.15) is 0 Å². The molecule has 356 valence electrons. The molecule has 0 N–H and O–H groups in total. The average molecular weight is 954 g/mol. The van der Waals surface area contributed by atoms with E-state index in [0.717, 1.165) is 83.7 Å². The fourth-order valence-corrected chi connectivity index (χ4v) is 11.8. The number of aromatic nitrogens is 3. The molecular formula is C69H55N5. The fourth-order valence-electron chi connectivity index (χ4n) is 11.8. The molecule has 0 unspecified atom stereocenters. The molecule has 10 aromatic carbocycles. The van der Waals surface area contributed by atoms with Crippen LogP contribution in [0.1, 0.15) is 52.7 Å². The van der Waals surface area contributed by atoms with E-state index in [0.29, 0.717) is 0 Å². The molecular weight excluding hydrogens is 899 g/mol. The maximum absolute atomic E-state index is 6.06. The van der Waals surface area contributed by atoms with Gasteiger partial charge >= 0.3 is 0 Å². The lowest BCUT2D eigenvalue weighted by Crippen LogP contribution is -2.17. The van der Waals surface area contributed by atoms with E-state index in [4.69, 9.17) is 4.98 Å². The predicted octanol–water partition coefficient (Wildman–Crippen LogP) is 19.2. The molecule has 5 nitrogen and oxygen atoms in total. The number of benzene rings is 10. The second-order valence-corrected chi connectivity index (χ2v) is 22.1. The lowest BCUT2D eigenvalue weighted by molar-refractivity contribution is 0.590. The molecule has 0 saturated heterocycles. The summed E-state index contributed by atoms with van der Waals surface area (Å²) in [5, 5.41) is 10.7. The Morgan fingerprint density at radius 2 is 0.865 bits per heavy atom. The van der Waals surface area contributed by atoms with E-state index >= 15 is 0 Å². The zero-order chi connectivity index (χ0) is 50.0. The summed E-state index contributed by atoms with van der Waals surface area (Å²) in [6.07, 6.45) is 0. The van der Waals surface area contributed by atoms with Gasteiger partial charge in [-0.1, -0.05) is 169 Å². The van der Waals surface area contributed by atoms with Gasteiger partial charge in [0.25, 0.3) is 0 Å². The van der Waals surface area contributed by atoms with Crippen LogP contribution in [0.4, 0.5) is 34.1 Å². The first-order chi connectivity index (χ1) is 36.0. The van der Waals surface area contributed by atoms with Crippen molar-refractivity contribution in [2.45, 2.75) is 52.4 Å². The smallest absolute Gasteiger partial charge is 0.146 e. The van der Waals surface area contributed by atoms with Crippen molar-refractivity contribution in [1.82, 2.24) is 14.0 Å². The second kappa shape index (κ2) is 16.3. The Hall–Kier alpha value is -8.93. The van der Waals surface area contributed by atoms with Crippen molar-refractivity contribution in [3.63, 3.8) is 0 Å². The van der Waals surface area contributed by atoms with E-state index in [1.807, 2.05) is 0 Å². The third-order valence-corrected chi connectivity index (χ3v) is 15.4. The molecule has 0 saturated carbocycles. The summed E-state index contributed by atoms with van der Waals surface area (Å²) in [4.78, 5) is 10.9. The van der Waals surface area contributed by atoms with E-state index in [1.54, 1.807) is 0 Å². The molecule has 0 atom stereocenters. The zero-order valence-corrected chi connectivity index (χ0v) is 42.6. The Labute approximate surface area is 431 Å². The standard InChI is InChI=1S/C69H55N5/c1-68(2,3)47-35-36-58(60(41-47)71(49-26-11-7-12-27-49)50-28-13-8-14-29-50)73-59-39-45-24-20-19-23-44(45)37-54(59)55-43-61-64(70-67(55)73)57-38-46-25-21-22-34-53(46)63-56-40-48(69(4,5)6)42-62(65(56)74(61)66(57)63)72(51-30-15-9-16-31-51)52-32-17-10-18-33-52/h7-43H,1-6H3. The molecule has 4 heterocycles. The molecule has 14 rings (SSSR count). The van der Waals surface area contributed by atoms with Crippen LogP contribution in [0, 0.1) is 0 Å². The summed E-state index contributed by atoms with van der Waals surface area (Å²) in [6, 6.07) is 82.6. The molecule has 0 aliphatic heterocycles. The number of hydrogen-bond donors (Lipinski definition) is 0. The summed E-state index contributed by atoms with van der Waals surface area (Å²) < 4.78 is 5.02. The molecule has 0 spiro atoms. The van der Waals surface area contributed by atoms with Gasteiger partial charge in [-0.05, 0) is 141 Å². The van der Waals surface area contributed by atoms with Crippen LogP contribution in [0.3, 0.4) is 0 Å². The average Bonchev–Trinajstić information content (AvgIpc) is 4.20. The van der Waals surface area contributed by atoms with Gasteiger partial charge in [-0.3, -0.25) is 4.57 Å². The first-order valence-electron chi connectivity index (χ1n) is 25.9. The molecule has 0 amide bonds. The highest BCUT2D eigenvalue weighted by atomic mass is 15.2. The summed E-state index contributed by atoms with van der Waals surface area (Å²) in [6.45, 7) is 13.9. The summed E-state index contributed by atoms with van der Waals surface area (Å²) in [5.74, 6) is 0. The zero-order valence-electron chi connectivity index (χ0n) is 42.6. The lowest BCUT2D eigenvalue weighted by atomic mass is 9.85. The minimum Gasteiger partial charge on any atom is -0.308 e. The van der Waals surface area contributed by atoms with Gasteiger partial charge in [0.05, 0.1) is 44.6 Å². The van der Waals surface area contributed by atoms with Crippen LogP contribution >= 0.6 is 0 Å². The van der Waals surface area contributed by atoms with Gasteiger partial charge in [0, 0.05) is 49.7 Å². The number of hydrogen-bond acceptors (Lipinski definition) is 3. The maximum Gasteiger partial charge on any atom is 0.146 e. The van der Waals surface area contributed by atoms with Crippen LogP contribution in [0.5, 0.6) is 0 Å². The van der Waals surface area contributed by atoms with E-state index in [1.165, 1.54) is 49.0 Å². The van der Waals surface area contributed by atoms with Crippen molar-refractivity contribution in [2.75, 3.05) is 9.80 Å². The van der Waals surface area contributed by atoms with Gasteiger partial charge in [-0.15, -0.1) is 0 Å². The largest absolute Gasteiger partial charge is 0.308 e. The quantitative estimate of drug-likeness (QED) is 0.159. The fraction of sp³-hybridized carbons (Fsp3) is 0.116. The molecule has 0 fully saturated rings. The highest BCUT2D eigenvalue weighted by Crippen LogP contribution is 2.51. The normalized spacial score (nSPS) is 12.5. The second-order valence-electron chi connectivity index (χ2n) is 22.1. The molecule has 74 heavy (non-hydrogen) atoms. The number of nitrogens with zero attached hydrogens (tertiary/aromatic N) is 5. The monoisotopic (exact) mass is 953 g/mol. The molecule has 0 radical (unpaired) electrons. The van der Waals surface area contributed by atoms with E-state index < -0.39 is 0 Å². The van der Waals surface area contributed by atoms with Crippen LogP contribution in [0.15, 0.2) is 224 Å². The van der Waals surface area contributed by atoms with Crippen molar-refractivity contribution in [2.24, 2.45) is 0 Å². The predicted molar refractivity (Wildman–Crippen MR) is 315 cm³/mol. The Bertz CT molecular complexity index is 4400. The number of para-hydroxylation sites is 4. The summed E-state index contributed by atoms with van der Waals surface area (Å²) in [7, 11) is 0. The van der Waals surface area contributed by atoms with Crippen LogP contribution in [0.25, 0.3) is 87.4 Å². The highest BCUT2D eigenvalue weighted by Gasteiger charge is 2.30. The van der Waals surface area contributed by atoms with Gasteiger partial charge in [0.2, 0.25) is 0 Å². The minimum absolute atomic E-state index is 0.108. The maximum atomic E-state index is 6.06. The molecule has 0 aliphatic carbocycles. The van der Waals surface area contributed by atoms with Gasteiger partial charge in [0.15, 0.2) is 0 Å². The first kappa shape index (κ1) is 43.8. The Morgan fingerprint density at radius 3 is 1.45 bits per heavy atom. The van der Waals surface area contributed by atoms with Crippen LogP contribution in [-0.4, -0.2) is 14.0 Å². The molecule has 0 bridgehead atoms. The van der Waals surface area contributed by atoms with Crippen LogP contribution in [-0.2, 0) is 10.8 Å². The van der Waals surface area contributed by atoms with E-state index in [-0.39, 0.29) is 10.8 Å². The molecule has 14 aromatic rings. The SMILES string of the molecule is CC(C)(C)c1ccc(-n2c3cc4ccccc4cc3c3cc4c(nc32)c2cc3ccccc3c3c5cc(C(C)(C)C)cc(N(c6ccccc6)c6ccccc6)c5n4c23)c(N(c2ccccc2)c2ccccc2)c1. The van der Waals surface area contributed by atoms with Crippen LogP contribution < -0.4 is 9.80 Å². The van der Waals surface area contributed by atoms with Crippen LogP contribution in [0.2, 0.25) is 0 Å². The topological polar surface area (TPSA) is 28.7 Å². The summed E-state index contributed by atoms with van der Waals surface area (Å²) in [5.41, 5.74) is 16.4. The Balaban J connectivity index is 1.17. The summed E-state index contributed by atoms with van der Waals surface area (Å²) >= 11 is 0. The third-order valence-electron chi connectivity index (χ3n) is 15.4. The van der Waals surface area contributed by atoms with Gasteiger partial charge in [-0.25, -0.2) is 4.98 Å². The molecule has 4 aromatic heterocycles. The van der Waals surface area contributed by atoms with Crippen molar-refractivity contribution < 1.29 is 0 Å². The van der Waals surface area contributed by atoms with Crippen molar-refractivity contribution in [3.8, 4) is 5.69 Å². The first-order valence-corrected chi connectivity index (χ1v) is 25.9. The highest BCUT2D eigenvalue weighted by molar-refractivity contribution is 6.33. The number of anilines is 6. The van der Waals surface area contributed by atoms with E-state index in [9.17, 15) is 0 Å². The third kappa shape index (κ3) is 6.73. The number of pyridine rings is 1. The number of rotatable bonds is 7. The van der Waals surface area contributed by atoms with Crippen molar-refractivity contribution in [3.05, 3.63) is 236 Å². The van der Waals surface area contributed by atoms with Crippen molar-refractivity contribution >= 4 is 116 Å².